The normalized spacial score (nSPS) is 9.29. The Hall–Kier alpha value is -0.330. The first kappa shape index (κ1) is 4.82. The Morgan fingerprint density at radius 1 is 1.57 bits per heavy atom. The molecule has 1 aromatic rings. The lowest BCUT2D eigenvalue weighted by Crippen LogP contribution is -1.85. The van der Waals surface area contributed by atoms with Crippen molar-refractivity contribution in [2.75, 3.05) is 5.73 Å². The maximum Gasteiger partial charge on any atom is 0.202 e. The summed E-state index contributed by atoms with van der Waals surface area (Å²) in [6, 6.07) is 0. The fourth-order valence-corrected chi connectivity index (χ4v) is 0.371. The van der Waals surface area contributed by atoms with Gasteiger partial charge in [0.05, 0.1) is 0 Å². The van der Waals surface area contributed by atoms with Crippen LogP contribution >= 0.6 is 22.6 Å². The van der Waals surface area contributed by atoms with Crippen molar-refractivity contribution in [1.29, 1.82) is 0 Å². The van der Waals surface area contributed by atoms with Gasteiger partial charge in [0.1, 0.15) is 0 Å². The van der Waals surface area contributed by atoms with Crippen molar-refractivity contribution in [1.82, 2.24) is 10.3 Å². The molecule has 0 saturated heterocycles. The lowest BCUT2D eigenvalue weighted by Gasteiger charge is -1.70. The van der Waals surface area contributed by atoms with Crippen molar-refractivity contribution in [3.63, 3.8) is 0 Å². The van der Waals surface area contributed by atoms with Gasteiger partial charge in [0.2, 0.25) is 5.82 Å². The van der Waals surface area contributed by atoms with E-state index in [9.17, 15) is 0 Å². The molecule has 0 bridgehead atoms. The summed E-state index contributed by atoms with van der Waals surface area (Å²) >= 11 is 1.93. The van der Waals surface area contributed by atoms with Gasteiger partial charge in [-0.1, -0.05) is 0 Å². The number of anilines is 1. The highest BCUT2D eigenvalue weighted by Gasteiger charge is 1.96. The second-order valence-electron chi connectivity index (χ2n) is 0.940. The zero-order valence-electron chi connectivity index (χ0n) is 3.26. The maximum atomic E-state index is 5.16. The highest BCUT2D eigenvalue weighted by Crippen LogP contribution is 2.05. The van der Waals surface area contributed by atoms with Gasteiger partial charge in [-0.3, -0.25) is 0 Å². The average Bonchev–Trinajstić information content (AvgIpc) is 1.91. The molecule has 0 aliphatic heterocycles. The van der Waals surface area contributed by atoms with Crippen LogP contribution < -0.4 is 5.73 Å². The molecule has 0 amide bonds. The summed E-state index contributed by atoms with van der Waals surface area (Å²) in [6.07, 6.45) is 0. The molecule has 1 heterocycles. The van der Waals surface area contributed by atoms with E-state index in [1.165, 1.54) is 0 Å². The summed E-state index contributed by atoms with van der Waals surface area (Å²) in [5, 5.41) is 6.69. The third-order valence-electron chi connectivity index (χ3n) is 0.472. The van der Waals surface area contributed by atoms with Crippen molar-refractivity contribution in [2.45, 2.75) is 0 Å². The van der Waals surface area contributed by atoms with Crippen LogP contribution in [0.2, 0.25) is 0 Å². The van der Waals surface area contributed by atoms with Crippen LogP contribution in [0.1, 0.15) is 0 Å². The van der Waals surface area contributed by atoms with Crippen molar-refractivity contribution in [3.05, 3.63) is 3.70 Å². The van der Waals surface area contributed by atoms with Crippen LogP contribution in [-0.4, -0.2) is 10.3 Å². The Balaban J connectivity index is 3.12. The number of nitrogen functional groups attached to an aromatic ring is 1. The SMILES string of the molecule is Nc1nonc1I. The average molecular weight is 211 g/mol. The van der Waals surface area contributed by atoms with E-state index in [1.807, 2.05) is 22.6 Å². The van der Waals surface area contributed by atoms with E-state index < -0.39 is 0 Å². The first-order valence-corrected chi connectivity index (χ1v) is 2.62. The summed E-state index contributed by atoms with van der Waals surface area (Å²) in [5.74, 6) is 0.348. The largest absolute Gasteiger partial charge is 0.379 e. The fourth-order valence-electron chi connectivity index (χ4n) is 0.185. The molecular formula is C2H2IN3O. The van der Waals surface area contributed by atoms with Crippen LogP contribution in [0.4, 0.5) is 5.82 Å². The van der Waals surface area contributed by atoms with E-state index >= 15 is 0 Å². The second kappa shape index (κ2) is 1.65. The van der Waals surface area contributed by atoms with E-state index in [0.29, 0.717) is 9.52 Å². The minimum absolute atomic E-state index is 0.348. The molecule has 0 radical (unpaired) electrons. The maximum absolute atomic E-state index is 5.16. The number of nitrogens with two attached hydrogens (primary N) is 1. The lowest BCUT2D eigenvalue weighted by molar-refractivity contribution is 0.306. The smallest absolute Gasteiger partial charge is 0.202 e. The van der Waals surface area contributed by atoms with E-state index in [-0.39, 0.29) is 0 Å². The molecule has 5 heteroatoms. The molecule has 0 unspecified atom stereocenters. The van der Waals surface area contributed by atoms with Gasteiger partial charge in [-0.15, -0.1) is 0 Å². The Kier molecular flexibility index (Phi) is 1.13. The zero-order valence-corrected chi connectivity index (χ0v) is 5.42. The van der Waals surface area contributed by atoms with Gasteiger partial charge < -0.3 is 5.73 Å². The van der Waals surface area contributed by atoms with Crippen LogP contribution in [0.5, 0.6) is 0 Å². The van der Waals surface area contributed by atoms with Crippen molar-refractivity contribution >= 4 is 28.4 Å². The summed E-state index contributed by atoms with van der Waals surface area (Å²) in [4.78, 5) is 0. The lowest BCUT2D eigenvalue weighted by atomic mass is 10.8. The Morgan fingerprint density at radius 3 is 2.43 bits per heavy atom. The Labute approximate surface area is 53.2 Å². The highest BCUT2D eigenvalue weighted by molar-refractivity contribution is 14.1. The first-order chi connectivity index (χ1) is 3.30. The predicted molar refractivity (Wildman–Crippen MR) is 31.4 cm³/mol. The minimum Gasteiger partial charge on any atom is -0.379 e. The topological polar surface area (TPSA) is 64.9 Å². The molecule has 0 aliphatic rings. The van der Waals surface area contributed by atoms with Gasteiger partial charge in [-0.25, -0.2) is 4.63 Å². The number of aromatic nitrogens is 2. The van der Waals surface area contributed by atoms with E-state index in [0.717, 1.165) is 0 Å². The van der Waals surface area contributed by atoms with Crippen molar-refractivity contribution in [2.24, 2.45) is 0 Å². The summed E-state index contributed by atoms with van der Waals surface area (Å²) in [5.41, 5.74) is 5.16. The molecule has 4 nitrogen and oxygen atoms in total. The van der Waals surface area contributed by atoms with Gasteiger partial charge in [-0.05, 0) is 32.9 Å². The molecule has 1 aromatic heterocycles. The van der Waals surface area contributed by atoms with E-state index in [2.05, 4.69) is 14.9 Å². The van der Waals surface area contributed by atoms with Crippen LogP contribution in [0.3, 0.4) is 0 Å². The van der Waals surface area contributed by atoms with E-state index in [4.69, 9.17) is 5.73 Å². The molecule has 0 saturated carbocycles. The van der Waals surface area contributed by atoms with Gasteiger partial charge in [0, 0.05) is 0 Å². The molecule has 0 aromatic carbocycles. The number of nitrogens with zero attached hydrogens (tertiary/aromatic N) is 2. The van der Waals surface area contributed by atoms with Gasteiger partial charge >= 0.3 is 0 Å². The first-order valence-electron chi connectivity index (χ1n) is 1.54. The fraction of sp³-hybridized carbons (Fsp3) is 0. The van der Waals surface area contributed by atoms with Crippen molar-refractivity contribution in [3.8, 4) is 0 Å². The second-order valence-corrected chi connectivity index (χ2v) is 1.96. The highest BCUT2D eigenvalue weighted by atomic mass is 127. The molecule has 7 heavy (non-hydrogen) atoms. The predicted octanol–water partition coefficient (Wildman–Crippen LogP) is 0.256. The Morgan fingerprint density at radius 2 is 2.29 bits per heavy atom. The quantitative estimate of drug-likeness (QED) is 0.625. The summed E-state index contributed by atoms with van der Waals surface area (Å²) in [6.45, 7) is 0. The molecule has 0 spiro atoms. The van der Waals surface area contributed by atoms with Crippen LogP contribution in [0.25, 0.3) is 0 Å². The van der Waals surface area contributed by atoms with Crippen LogP contribution in [-0.2, 0) is 0 Å². The number of rotatable bonds is 0. The van der Waals surface area contributed by atoms with Gasteiger partial charge in [-0.2, -0.15) is 0 Å². The molecule has 0 aliphatic carbocycles. The number of halogens is 1. The number of hydrogen-bond acceptors (Lipinski definition) is 4. The zero-order chi connectivity index (χ0) is 5.28. The third kappa shape index (κ3) is 0.817. The minimum atomic E-state index is 0.348. The number of hydrogen-bond donors (Lipinski definition) is 1. The molecule has 1 rings (SSSR count). The molecular weight excluding hydrogens is 209 g/mol. The third-order valence-corrected chi connectivity index (χ3v) is 1.22. The molecule has 2 N–H and O–H groups in total. The van der Waals surface area contributed by atoms with Gasteiger partial charge in [0.15, 0.2) is 3.70 Å². The summed E-state index contributed by atoms with van der Waals surface area (Å²) in [7, 11) is 0. The van der Waals surface area contributed by atoms with Crippen molar-refractivity contribution < 1.29 is 4.63 Å². The van der Waals surface area contributed by atoms with Crippen LogP contribution in [0, 0.1) is 3.70 Å². The molecule has 0 fully saturated rings. The van der Waals surface area contributed by atoms with Crippen LogP contribution in [0.15, 0.2) is 4.63 Å². The monoisotopic (exact) mass is 211 g/mol. The molecule has 38 valence electrons. The van der Waals surface area contributed by atoms with Gasteiger partial charge in [0.25, 0.3) is 0 Å². The Bertz CT molecular complexity index is 145. The molecule has 0 atom stereocenters. The summed E-state index contributed by atoms with van der Waals surface area (Å²) < 4.78 is 4.82. The van der Waals surface area contributed by atoms with E-state index in [1.54, 1.807) is 0 Å². The standard InChI is InChI=1S/C2H2IN3O/c3-1-2(4)6-7-5-1/h(H2,4,6).